The van der Waals surface area contributed by atoms with E-state index in [1.165, 1.54) is 31.4 Å². The second-order valence-electron chi connectivity index (χ2n) is 8.32. The van der Waals surface area contributed by atoms with Gasteiger partial charge in [0.25, 0.3) is 5.91 Å². The Morgan fingerprint density at radius 1 is 1.07 bits per heavy atom. The Morgan fingerprint density at radius 2 is 1.86 bits per heavy atom. The van der Waals surface area contributed by atoms with Crippen molar-refractivity contribution < 1.29 is 14.4 Å². The number of hydrogen-bond donors (Lipinski definition) is 1. The fourth-order valence-corrected chi connectivity index (χ4v) is 5.09. The van der Waals surface area contributed by atoms with Gasteiger partial charge in [0, 0.05) is 42.8 Å². The van der Waals surface area contributed by atoms with Crippen molar-refractivity contribution in [3.8, 4) is 11.1 Å². The summed E-state index contributed by atoms with van der Waals surface area (Å²) in [5.41, 5.74) is 5.04. The third-order valence-corrected chi connectivity index (χ3v) is 6.56. The number of rotatable bonds is 3. The molecule has 1 aromatic carbocycles. The minimum absolute atomic E-state index is 0.136. The van der Waals surface area contributed by atoms with Gasteiger partial charge < -0.3 is 4.90 Å². The molecule has 5 rings (SSSR count). The molecule has 3 heterocycles. The Balaban J connectivity index is 1.45. The smallest absolute Gasteiger partial charge is 0.255 e. The Kier molecular flexibility index (Phi) is 4.26. The molecule has 0 bridgehead atoms. The molecule has 7 nitrogen and oxygen atoms in total. The number of imide groups is 1. The molecule has 1 atom stereocenters. The van der Waals surface area contributed by atoms with Crippen molar-refractivity contribution in [2.75, 3.05) is 0 Å². The fraction of sp³-hybridized carbons (Fsp3) is 0.455. The van der Waals surface area contributed by atoms with Gasteiger partial charge in [0.2, 0.25) is 11.8 Å². The van der Waals surface area contributed by atoms with Crippen molar-refractivity contribution in [1.82, 2.24) is 20.0 Å². The zero-order valence-electron chi connectivity index (χ0n) is 16.5. The number of hydrogen-bond acceptors (Lipinski definition) is 4. The van der Waals surface area contributed by atoms with Crippen LogP contribution >= 0.6 is 0 Å². The monoisotopic (exact) mass is 392 g/mol. The van der Waals surface area contributed by atoms with Gasteiger partial charge in [-0.1, -0.05) is 18.9 Å². The highest BCUT2D eigenvalue weighted by Gasteiger charge is 2.39. The zero-order chi connectivity index (χ0) is 20.1. The van der Waals surface area contributed by atoms with Crippen molar-refractivity contribution in [3.63, 3.8) is 0 Å². The summed E-state index contributed by atoms with van der Waals surface area (Å²) in [5.74, 6) is -0.247. The van der Waals surface area contributed by atoms with Crippen LogP contribution in [0.4, 0.5) is 0 Å². The maximum atomic E-state index is 12.9. The van der Waals surface area contributed by atoms with Gasteiger partial charge in [-0.15, -0.1) is 0 Å². The molecule has 2 aromatic rings. The Bertz CT molecular complexity index is 1020. The summed E-state index contributed by atoms with van der Waals surface area (Å²) in [6.07, 6.45) is 7.47. The Hall–Kier alpha value is -2.96. The summed E-state index contributed by atoms with van der Waals surface area (Å²) in [4.78, 5) is 38.2. The van der Waals surface area contributed by atoms with E-state index in [-0.39, 0.29) is 24.1 Å². The fourth-order valence-electron chi connectivity index (χ4n) is 5.09. The van der Waals surface area contributed by atoms with Crippen molar-refractivity contribution in [1.29, 1.82) is 0 Å². The molecule has 0 radical (unpaired) electrons. The summed E-state index contributed by atoms with van der Waals surface area (Å²) in [5, 5.41) is 6.86. The largest absolute Gasteiger partial charge is 0.322 e. The SMILES string of the molecule is Cn1ncc(-c2ccc3c(c2)CN(C2CCC(=O)NC2=O)C3=O)c1C1CCCC1. The van der Waals surface area contributed by atoms with Crippen LogP contribution in [0.5, 0.6) is 0 Å². The van der Waals surface area contributed by atoms with Gasteiger partial charge in [-0.25, -0.2) is 0 Å². The van der Waals surface area contributed by atoms with Gasteiger partial charge >= 0.3 is 0 Å². The standard InChI is InChI=1S/C22H24N4O3/c1-25-20(13-4-2-3-5-13)17(11-23-25)14-6-7-16-15(10-14)12-26(22(16)29)18-8-9-19(27)24-21(18)28/h6-7,10-11,13,18H,2-5,8-9,12H2,1H3,(H,24,27,28). The minimum atomic E-state index is -0.580. The van der Waals surface area contributed by atoms with E-state index in [1.54, 1.807) is 4.90 Å². The molecule has 3 amide bonds. The first-order valence-corrected chi connectivity index (χ1v) is 10.3. The van der Waals surface area contributed by atoms with Gasteiger partial charge in [0.1, 0.15) is 6.04 Å². The number of nitrogens with one attached hydrogen (secondary N) is 1. The highest BCUT2D eigenvalue weighted by atomic mass is 16.2. The van der Waals surface area contributed by atoms with Crippen LogP contribution in [0.15, 0.2) is 24.4 Å². The number of fused-ring (bicyclic) bond motifs is 1. The van der Waals surface area contributed by atoms with Gasteiger partial charge in [-0.05, 0) is 42.5 Å². The van der Waals surface area contributed by atoms with E-state index in [0.717, 1.165) is 16.7 Å². The highest BCUT2D eigenvalue weighted by Crippen LogP contribution is 2.40. The summed E-state index contributed by atoms with van der Waals surface area (Å²) >= 11 is 0. The number of aromatic nitrogens is 2. The van der Waals surface area contributed by atoms with Crippen LogP contribution in [0.25, 0.3) is 11.1 Å². The molecule has 7 heteroatoms. The molecule has 1 N–H and O–H groups in total. The third kappa shape index (κ3) is 2.96. The van der Waals surface area contributed by atoms with Crippen molar-refractivity contribution >= 4 is 17.7 Å². The van der Waals surface area contributed by atoms with Crippen molar-refractivity contribution in [2.45, 2.75) is 57.0 Å². The van der Waals surface area contributed by atoms with E-state index in [2.05, 4.69) is 16.5 Å². The highest BCUT2D eigenvalue weighted by molar-refractivity contribution is 6.05. The van der Waals surface area contributed by atoms with Crippen LogP contribution in [0.1, 0.15) is 66.1 Å². The number of benzene rings is 1. The first kappa shape index (κ1) is 18.1. The quantitative estimate of drug-likeness (QED) is 0.814. The van der Waals surface area contributed by atoms with Gasteiger partial charge in [0.15, 0.2) is 0 Å². The molecule has 0 spiro atoms. The lowest BCUT2D eigenvalue weighted by Gasteiger charge is -2.29. The molecule has 2 fully saturated rings. The van der Waals surface area contributed by atoms with E-state index >= 15 is 0 Å². The maximum Gasteiger partial charge on any atom is 0.255 e. The van der Waals surface area contributed by atoms with Crippen molar-refractivity contribution in [3.05, 3.63) is 41.2 Å². The molecule has 29 heavy (non-hydrogen) atoms. The lowest BCUT2D eigenvalue weighted by molar-refractivity contribution is -0.136. The molecular formula is C22H24N4O3. The number of aryl methyl sites for hydroxylation is 1. The number of piperidine rings is 1. The first-order chi connectivity index (χ1) is 14.0. The molecule has 1 unspecified atom stereocenters. The van der Waals surface area contributed by atoms with E-state index in [9.17, 15) is 14.4 Å². The van der Waals surface area contributed by atoms with Gasteiger partial charge in [-0.3, -0.25) is 24.4 Å². The summed E-state index contributed by atoms with van der Waals surface area (Å²) in [6.45, 7) is 0.396. The number of carbonyl (C=O) groups is 3. The van der Waals surface area contributed by atoms with Crippen molar-refractivity contribution in [2.24, 2.45) is 7.05 Å². The lowest BCUT2D eigenvalue weighted by atomic mass is 9.94. The van der Waals surface area contributed by atoms with E-state index in [1.807, 2.05) is 30.1 Å². The van der Waals surface area contributed by atoms with Crippen LogP contribution in [0, 0.1) is 0 Å². The number of carbonyl (C=O) groups excluding carboxylic acids is 3. The van der Waals surface area contributed by atoms with Gasteiger partial charge in [-0.2, -0.15) is 5.10 Å². The summed E-state index contributed by atoms with van der Waals surface area (Å²) < 4.78 is 1.99. The molecule has 1 saturated carbocycles. The topological polar surface area (TPSA) is 84.3 Å². The average molecular weight is 392 g/mol. The van der Waals surface area contributed by atoms with E-state index < -0.39 is 6.04 Å². The van der Waals surface area contributed by atoms with Crippen LogP contribution in [-0.2, 0) is 23.2 Å². The number of nitrogens with zero attached hydrogens (tertiary/aromatic N) is 3. The maximum absolute atomic E-state index is 12.9. The number of amides is 3. The summed E-state index contributed by atoms with van der Waals surface area (Å²) in [7, 11) is 2.00. The summed E-state index contributed by atoms with van der Waals surface area (Å²) in [6, 6.07) is 5.34. The van der Waals surface area contributed by atoms with Crippen LogP contribution in [0.3, 0.4) is 0 Å². The van der Waals surface area contributed by atoms with Gasteiger partial charge in [0.05, 0.1) is 6.20 Å². The first-order valence-electron chi connectivity index (χ1n) is 10.3. The van der Waals surface area contributed by atoms with Crippen LogP contribution < -0.4 is 5.32 Å². The van der Waals surface area contributed by atoms with E-state index in [0.29, 0.717) is 24.4 Å². The molecule has 3 aliphatic rings. The second kappa shape index (κ2) is 6.83. The van der Waals surface area contributed by atoms with E-state index in [4.69, 9.17) is 0 Å². The molecule has 1 saturated heterocycles. The molecule has 2 aliphatic heterocycles. The Labute approximate surface area is 169 Å². The predicted octanol–water partition coefficient (Wildman–Crippen LogP) is 2.51. The molecular weight excluding hydrogens is 368 g/mol. The minimum Gasteiger partial charge on any atom is -0.322 e. The van der Waals surface area contributed by atoms with Crippen LogP contribution in [0.2, 0.25) is 0 Å². The molecule has 150 valence electrons. The second-order valence-corrected chi connectivity index (χ2v) is 8.32. The lowest BCUT2D eigenvalue weighted by Crippen LogP contribution is -2.52. The predicted molar refractivity (Wildman–Crippen MR) is 106 cm³/mol. The Morgan fingerprint density at radius 3 is 2.62 bits per heavy atom. The molecule has 1 aromatic heterocycles. The average Bonchev–Trinajstić information content (AvgIpc) is 3.41. The van der Waals surface area contributed by atoms with Crippen LogP contribution in [-0.4, -0.2) is 38.4 Å². The molecule has 1 aliphatic carbocycles. The third-order valence-electron chi connectivity index (χ3n) is 6.56. The normalized spacial score (nSPS) is 22.3. The zero-order valence-corrected chi connectivity index (χ0v) is 16.5.